The van der Waals surface area contributed by atoms with Gasteiger partial charge in [0.15, 0.2) is 5.78 Å². The lowest BCUT2D eigenvalue weighted by atomic mass is 10.1. The molecule has 0 bridgehead atoms. The van der Waals surface area contributed by atoms with Crippen LogP contribution >= 0.6 is 0 Å². The molecule has 1 aliphatic rings. The van der Waals surface area contributed by atoms with Crippen molar-refractivity contribution in [1.29, 1.82) is 0 Å². The molecule has 0 saturated heterocycles. The number of hydrogen-bond acceptors (Lipinski definition) is 3. The Bertz CT molecular complexity index is 626. The van der Waals surface area contributed by atoms with Crippen LogP contribution in [0.15, 0.2) is 18.2 Å². The Hall–Kier alpha value is -1.68. The molecule has 0 spiro atoms. The third kappa shape index (κ3) is 2.28. The molecular formula is C15H19N3O. The fourth-order valence-corrected chi connectivity index (χ4v) is 2.57. The molecule has 100 valence electrons. The fourth-order valence-electron chi connectivity index (χ4n) is 2.57. The van der Waals surface area contributed by atoms with E-state index in [9.17, 15) is 4.79 Å². The Balaban J connectivity index is 1.95. The maximum absolute atomic E-state index is 12.0. The van der Waals surface area contributed by atoms with Crippen molar-refractivity contribution in [2.45, 2.75) is 32.2 Å². The summed E-state index contributed by atoms with van der Waals surface area (Å²) in [4.78, 5) is 16.6. The molecule has 1 aromatic carbocycles. The number of ketones is 1. The Kier molecular flexibility index (Phi) is 3.11. The van der Waals surface area contributed by atoms with E-state index in [1.165, 1.54) is 12.8 Å². The second kappa shape index (κ2) is 4.78. The summed E-state index contributed by atoms with van der Waals surface area (Å²) < 4.78 is 2.30. The number of nitrogens with zero attached hydrogens (tertiary/aromatic N) is 2. The normalized spacial score (nSPS) is 15.1. The number of hydrogen-bond donors (Lipinski definition) is 1. The molecule has 19 heavy (non-hydrogen) atoms. The molecule has 1 N–H and O–H groups in total. The number of aromatic nitrogens is 2. The van der Waals surface area contributed by atoms with Crippen LogP contribution in [0, 0.1) is 6.92 Å². The molecule has 1 fully saturated rings. The molecule has 0 unspecified atom stereocenters. The number of imidazole rings is 1. The van der Waals surface area contributed by atoms with E-state index in [-0.39, 0.29) is 5.78 Å². The zero-order valence-corrected chi connectivity index (χ0v) is 11.4. The minimum Gasteiger partial charge on any atom is -0.325 e. The van der Waals surface area contributed by atoms with Crippen molar-refractivity contribution < 1.29 is 4.79 Å². The van der Waals surface area contributed by atoms with E-state index in [0.29, 0.717) is 19.0 Å². The molecule has 0 radical (unpaired) electrons. The van der Waals surface area contributed by atoms with Gasteiger partial charge in [0.25, 0.3) is 0 Å². The number of carbonyl (C=O) groups is 1. The number of carbonyl (C=O) groups excluding carboxylic acids is 1. The Morgan fingerprint density at radius 1 is 1.47 bits per heavy atom. The summed E-state index contributed by atoms with van der Waals surface area (Å²) in [6.45, 7) is 2.76. The summed E-state index contributed by atoms with van der Waals surface area (Å²) in [5.74, 6) is 1.23. The monoisotopic (exact) mass is 257 g/mol. The van der Waals surface area contributed by atoms with Crippen molar-refractivity contribution in [1.82, 2.24) is 14.9 Å². The molecule has 1 aliphatic carbocycles. The van der Waals surface area contributed by atoms with Crippen LogP contribution in [0.1, 0.15) is 41.5 Å². The van der Waals surface area contributed by atoms with Crippen molar-refractivity contribution in [2.24, 2.45) is 0 Å². The Morgan fingerprint density at radius 3 is 2.95 bits per heavy atom. The third-order valence-electron chi connectivity index (χ3n) is 3.70. The van der Waals surface area contributed by atoms with Gasteiger partial charge < -0.3 is 9.88 Å². The standard InChI is InChI=1S/C15H19N3O/c1-10-17-13-9-11(15(19)7-8-16-2)3-6-14(13)18(10)12-4-5-12/h3,6,9,12,16H,4-5,7-8H2,1-2H3. The molecule has 4 nitrogen and oxygen atoms in total. The van der Waals surface area contributed by atoms with Crippen LogP contribution in [-0.2, 0) is 0 Å². The largest absolute Gasteiger partial charge is 0.325 e. The Labute approximate surface area is 112 Å². The molecule has 0 aliphatic heterocycles. The zero-order chi connectivity index (χ0) is 13.4. The topological polar surface area (TPSA) is 46.9 Å². The number of aryl methyl sites for hydroxylation is 1. The highest BCUT2D eigenvalue weighted by molar-refractivity contribution is 5.99. The second-order valence-corrected chi connectivity index (χ2v) is 5.24. The van der Waals surface area contributed by atoms with Gasteiger partial charge in [0.2, 0.25) is 0 Å². The highest BCUT2D eigenvalue weighted by atomic mass is 16.1. The summed E-state index contributed by atoms with van der Waals surface area (Å²) in [7, 11) is 1.86. The molecule has 1 heterocycles. The molecule has 4 heteroatoms. The Morgan fingerprint density at radius 2 is 2.26 bits per heavy atom. The van der Waals surface area contributed by atoms with Gasteiger partial charge in [-0.25, -0.2) is 4.98 Å². The first kappa shape index (κ1) is 12.4. The van der Waals surface area contributed by atoms with Gasteiger partial charge in [-0.2, -0.15) is 0 Å². The van der Waals surface area contributed by atoms with Crippen molar-refractivity contribution in [3.63, 3.8) is 0 Å². The predicted octanol–water partition coefficient (Wildman–Crippen LogP) is 2.47. The minimum atomic E-state index is 0.176. The molecular weight excluding hydrogens is 238 g/mol. The lowest BCUT2D eigenvalue weighted by molar-refractivity contribution is 0.0983. The smallest absolute Gasteiger partial charge is 0.164 e. The SMILES string of the molecule is CNCCC(=O)c1ccc2c(c1)nc(C)n2C1CC1. The summed E-state index contributed by atoms with van der Waals surface area (Å²) in [6.07, 6.45) is 3.02. The first-order chi connectivity index (χ1) is 9.20. The molecule has 2 aromatic rings. The number of nitrogens with one attached hydrogen (secondary N) is 1. The summed E-state index contributed by atoms with van der Waals surface area (Å²) in [6, 6.07) is 6.52. The van der Waals surface area contributed by atoms with Gasteiger partial charge in [-0.15, -0.1) is 0 Å². The molecule has 1 saturated carbocycles. The van der Waals surface area contributed by atoms with Crippen LogP contribution in [0.25, 0.3) is 11.0 Å². The molecule has 1 aromatic heterocycles. The van der Waals surface area contributed by atoms with Crippen LogP contribution in [0.5, 0.6) is 0 Å². The van der Waals surface area contributed by atoms with Gasteiger partial charge in [0.1, 0.15) is 5.82 Å². The summed E-state index contributed by atoms with van der Waals surface area (Å²) >= 11 is 0. The van der Waals surface area contributed by atoms with Gasteiger partial charge in [0, 0.05) is 24.6 Å². The van der Waals surface area contributed by atoms with E-state index in [0.717, 1.165) is 22.4 Å². The van der Waals surface area contributed by atoms with Crippen molar-refractivity contribution in [2.75, 3.05) is 13.6 Å². The minimum absolute atomic E-state index is 0.176. The highest BCUT2D eigenvalue weighted by Crippen LogP contribution is 2.38. The maximum Gasteiger partial charge on any atom is 0.164 e. The van der Waals surface area contributed by atoms with E-state index in [1.54, 1.807) is 0 Å². The second-order valence-electron chi connectivity index (χ2n) is 5.24. The van der Waals surface area contributed by atoms with Crippen LogP contribution in [-0.4, -0.2) is 28.9 Å². The van der Waals surface area contributed by atoms with E-state index in [1.807, 2.05) is 32.2 Å². The number of fused-ring (bicyclic) bond motifs is 1. The molecule has 3 rings (SSSR count). The van der Waals surface area contributed by atoms with Gasteiger partial charge in [-0.05, 0) is 45.0 Å². The number of benzene rings is 1. The fraction of sp³-hybridized carbons (Fsp3) is 0.467. The average molecular weight is 257 g/mol. The molecule has 0 amide bonds. The highest BCUT2D eigenvalue weighted by Gasteiger charge is 2.27. The van der Waals surface area contributed by atoms with Crippen LogP contribution in [0.3, 0.4) is 0 Å². The van der Waals surface area contributed by atoms with Gasteiger partial charge >= 0.3 is 0 Å². The first-order valence-corrected chi connectivity index (χ1v) is 6.87. The predicted molar refractivity (Wildman–Crippen MR) is 75.6 cm³/mol. The van der Waals surface area contributed by atoms with Crippen molar-refractivity contribution in [3.05, 3.63) is 29.6 Å². The van der Waals surface area contributed by atoms with Crippen LogP contribution < -0.4 is 5.32 Å². The van der Waals surface area contributed by atoms with Crippen LogP contribution in [0.2, 0.25) is 0 Å². The lowest BCUT2D eigenvalue weighted by Crippen LogP contribution is -2.13. The molecule has 0 atom stereocenters. The van der Waals surface area contributed by atoms with Gasteiger partial charge in [-0.3, -0.25) is 4.79 Å². The van der Waals surface area contributed by atoms with E-state index in [2.05, 4.69) is 14.9 Å². The van der Waals surface area contributed by atoms with E-state index >= 15 is 0 Å². The van der Waals surface area contributed by atoms with E-state index < -0.39 is 0 Å². The number of rotatable bonds is 5. The van der Waals surface area contributed by atoms with Gasteiger partial charge in [-0.1, -0.05) is 0 Å². The third-order valence-corrected chi connectivity index (χ3v) is 3.70. The quantitative estimate of drug-likeness (QED) is 0.837. The summed E-state index contributed by atoms with van der Waals surface area (Å²) in [5, 5.41) is 3.00. The summed E-state index contributed by atoms with van der Waals surface area (Å²) in [5.41, 5.74) is 2.87. The van der Waals surface area contributed by atoms with Gasteiger partial charge in [0.05, 0.1) is 11.0 Å². The first-order valence-electron chi connectivity index (χ1n) is 6.87. The average Bonchev–Trinajstić information content (AvgIpc) is 3.17. The number of Topliss-reactive ketones (excluding diaryl/α,β-unsaturated/α-hetero) is 1. The van der Waals surface area contributed by atoms with Crippen molar-refractivity contribution >= 4 is 16.8 Å². The lowest BCUT2D eigenvalue weighted by Gasteiger charge is -2.04. The zero-order valence-electron chi connectivity index (χ0n) is 11.4. The van der Waals surface area contributed by atoms with Crippen LogP contribution in [0.4, 0.5) is 0 Å². The van der Waals surface area contributed by atoms with E-state index in [4.69, 9.17) is 0 Å². The maximum atomic E-state index is 12.0. The van der Waals surface area contributed by atoms with Crippen molar-refractivity contribution in [3.8, 4) is 0 Å².